The number of carbonyl (C=O) groups is 1. The largest absolute Gasteiger partial charge is 0.399 e. The summed E-state index contributed by atoms with van der Waals surface area (Å²) in [4.78, 5) is 13.4. The molecule has 0 saturated carbocycles. The number of amides is 1. The average molecular weight is 508 g/mol. The van der Waals surface area contributed by atoms with Gasteiger partial charge in [0.25, 0.3) is 0 Å². The molecule has 32 heavy (non-hydrogen) atoms. The van der Waals surface area contributed by atoms with Crippen LogP contribution in [0.2, 0.25) is 0 Å². The smallest absolute Gasteiger partial charge is 0.233 e. The van der Waals surface area contributed by atoms with Gasteiger partial charge in [-0.2, -0.15) is 0 Å². The maximum Gasteiger partial charge on any atom is 0.233 e. The Hall–Kier alpha value is -2.51. The van der Waals surface area contributed by atoms with Crippen molar-refractivity contribution in [1.82, 2.24) is 10.6 Å². The first-order valence-electron chi connectivity index (χ1n) is 9.64. The lowest BCUT2D eigenvalue weighted by molar-refractivity contribution is -0.122. The number of nitrogens with one attached hydrogen (secondary N) is 3. The van der Waals surface area contributed by atoms with Crippen LogP contribution < -0.4 is 21.7 Å². The highest BCUT2D eigenvalue weighted by atomic mass is 35.6. The number of alkyl halides is 3. The summed E-state index contributed by atoms with van der Waals surface area (Å²) in [6.45, 7) is 0. The molecule has 9 heteroatoms. The molecule has 0 saturated heterocycles. The molecule has 166 valence electrons. The quantitative estimate of drug-likeness (QED) is 0.160. The van der Waals surface area contributed by atoms with Crippen LogP contribution in [0.4, 0.5) is 11.4 Å². The van der Waals surface area contributed by atoms with E-state index in [0.717, 1.165) is 11.1 Å². The number of hydrogen-bond acceptors (Lipinski definition) is 3. The van der Waals surface area contributed by atoms with E-state index in [4.69, 9.17) is 52.8 Å². The van der Waals surface area contributed by atoms with E-state index in [-0.39, 0.29) is 11.0 Å². The van der Waals surface area contributed by atoms with Gasteiger partial charge in [-0.1, -0.05) is 102 Å². The molecule has 0 bridgehead atoms. The Labute approximate surface area is 207 Å². The molecule has 0 aliphatic carbocycles. The number of thiocarbonyl (C=S) groups is 1. The molecule has 5 nitrogen and oxygen atoms in total. The number of hydrogen-bond donors (Lipinski definition) is 4. The van der Waals surface area contributed by atoms with Crippen molar-refractivity contribution in [3.63, 3.8) is 0 Å². The van der Waals surface area contributed by atoms with Crippen LogP contribution in [0.5, 0.6) is 0 Å². The van der Waals surface area contributed by atoms with Gasteiger partial charge in [-0.05, 0) is 41.5 Å². The first-order valence-corrected chi connectivity index (χ1v) is 11.2. The van der Waals surface area contributed by atoms with Crippen molar-refractivity contribution in [3.05, 3.63) is 96.1 Å². The van der Waals surface area contributed by atoms with E-state index in [9.17, 15) is 4.79 Å². The van der Waals surface area contributed by atoms with Gasteiger partial charge >= 0.3 is 0 Å². The minimum atomic E-state index is -1.88. The summed E-state index contributed by atoms with van der Waals surface area (Å²) < 4.78 is -1.88. The van der Waals surface area contributed by atoms with Crippen LogP contribution in [-0.2, 0) is 4.79 Å². The van der Waals surface area contributed by atoms with Gasteiger partial charge in [0, 0.05) is 11.4 Å². The predicted molar refractivity (Wildman–Crippen MR) is 137 cm³/mol. The van der Waals surface area contributed by atoms with Gasteiger partial charge in [0.15, 0.2) is 5.11 Å². The first-order chi connectivity index (χ1) is 15.2. The number of nitrogens with two attached hydrogens (primary N) is 1. The Kier molecular flexibility index (Phi) is 8.21. The molecule has 0 radical (unpaired) electrons. The minimum absolute atomic E-state index is 0.156. The third-order valence-corrected chi connectivity index (χ3v) is 5.44. The average Bonchev–Trinajstić information content (AvgIpc) is 2.74. The van der Waals surface area contributed by atoms with Crippen LogP contribution in [0.25, 0.3) is 0 Å². The second kappa shape index (κ2) is 10.9. The molecule has 0 fully saturated rings. The molecule has 5 N–H and O–H groups in total. The molecule has 3 rings (SSSR count). The van der Waals surface area contributed by atoms with E-state index in [0.29, 0.717) is 11.4 Å². The van der Waals surface area contributed by atoms with Gasteiger partial charge in [0.1, 0.15) is 6.17 Å². The van der Waals surface area contributed by atoms with Crippen molar-refractivity contribution >= 4 is 69.4 Å². The first kappa shape index (κ1) is 24.1. The Morgan fingerprint density at radius 1 is 0.844 bits per heavy atom. The fourth-order valence-electron chi connectivity index (χ4n) is 3.13. The Morgan fingerprint density at radius 3 is 1.91 bits per heavy atom. The monoisotopic (exact) mass is 506 g/mol. The topological polar surface area (TPSA) is 79.2 Å². The van der Waals surface area contributed by atoms with Crippen LogP contribution in [0, 0.1) is 0 Å². The molecule has 0 aliphatic heterocycles. The Bertz CT molecular complexity index is 1020. The second-order valence-electron chi connectivity index (χ2n) is 6.96. The number of benzene rings is 3. The molecule has 0 aliphatic rings. The zero-order valence-corrected chi connectivity index (χ0v) is 19.8. The van der Waals surface area contributed by atoms with Crippen molar-refractivity contribution < 1.29 is 4.79 Å². The van der Waals surface area contributed by atoms with E-state index in [1.165, 1.54) is 0 Å². The molecule has 3 aromatic rings. The molecule has 1 atom stereocenters. The van der Waals surface area contributed by atoms with E-state index in [2.05, 4.69) is 16.0 Å². The summed E-state index contributed by atoms with van der Waals surface area (Å²) in [5.41, 5.74) is 8.62. The highest BCUT2D eigenvalue weighted by molar-refractivity contribution is 7.80. The number of rotatable bonds is 6. The van der Waals surface area contributed by atoms with E-state index in [1.807, 2.05) is 60.7 Å². The van der Waals surface area contributed by atoms with Crippen LogP contribution >= 0.6 is 47.0 Å². The van der Waals surface area contributed by atoms with Crippen molar-refractivity contribution in [2.24, 2.45) is 0 Å². The fourth-order valence-corrected chi connectivity index (χ4v) is 3.69. The Morgan fingerprint density at radius 2 is 1.41 bits per heavy atom. The number of carbonyl (C=O) groups excluding carboxylic acids is 1. The normalized spacial score (nSPS) is 12.1. The molecule has 0 heterocycles. The van der Waals surface area contributed by atoms with Crippen LogP contribution in [0.3, 0.4) is 0 Å². The summed E-state index contributed by atoms with van der Waals surface area (Å²) in [7, 11) is 0. The second-order valence-corrected chi connectivity index (χ2v) is 9.74. The predicted octanol–water partition coefficient (Wildman–Crippen LogP) is 5.20. The molecular weight excluding hydrogens is 487 g/mol. The zero-order valence-electron chi connectivity index (χ0n) is 16.8. The SMILES string of the molecule is Nc1cccc(NC(=S)NC(NC(=O)C(c2ccccc2)c2ccccc2)C(Cl)(Cl)Cl)c1. The highest BCUT2D eigenvalue weighted by Gasteiger charge is 2.36. The molecule has 0 aromatic heterocycles. The van der Waals surface area contributed by atoms with Gasteiger partial charge in [0.05, 0.1) is 5.92 Å². The van der Waals surface area contributed by atoms with Crippen LogP contribution in [0.1, 0.15) is 17.0 Å². The van der Waals surface area contributed by atoms with Gasteiger partial charge in [-0.25, -0.2) is 0 Å². The maximum atomic E-state index is 13.4. The maximum absolute atomic E-state index is 13.4. The number of halogens is 3. The molecular formula is C23H21Cl3N4OS. The number of anilines is 2. The molecule has 3 aromatic carbocycles. The van der Waals surface area contributed by atoms with Crippen molar-refractivity contribution in [1.29, 1.82) is 0 Å². The summed E-state index contributed by atoms with van der Waals surface area (Å²) in [5.74, 6) is -0.956. The van der Waals surface area contributed by atoms with Gasteiger partial charge in [-0.3, -0.25) is 4.79 Å². The van der Waals surface area contributed by atoms with E-state index >= 15 is 0 Å². The zero-order chi connectivity index (χ0) is 23.1. The van der Waals surface area contributed by atoms with Crippen LogP contribution in [-0.4, -0.2) is 21.0 Å². The van der Waals surface area contributed by atoms with Crippen molar-refractivity contribution in [3.8, 4) is 0 Å². The summed E-state index contributed by atoms with van der Waals surface area (Å²) >= 11 is 23.8. The third kappa shape index (κ3) is 6.74. The summed E-state index contributed by atoms with van der Waals surface area (Å²) in [6, 6.07) is 25.8. The summed E-state index contributed by atoms with van der Waals surface area (Å²) in [6.07, 6.45) is -1.10. The highest BCUT2D eigenvalue weighted by Crippen LogP contribution is 2.31. The lowest BCUT2D eigenvalue weighted by Gasteiger charge is -2.29. The lowest BCUT2D eigenvalue weighted by Crippen LogP contribution is -2.57. The van der Waals surface area contributed by atoms with Gasteiger partial charge in [-0.15, -0.1) is 0 Å². The van der Waals surface area contributed by atoms with Crippen molar-refractivity contribution in [2.45, 2.75) is 15.9 Å². The summed E-state index contributed by atoms with van der Waals surface area (Å²) in [5, 5.41) is 8.77. The molecule has 0 spiro atoms. The fraction of sp³-hybridized carbons (Fsp3) is 0.130. The minimum Gasteiger partial charge on any atom is -0.399 e. The van der Waals surface area contributed by atoms with Gasteiger partial charge < -0.3 is 21.7 Å². The van der Waals surface area contributed by atoms with Crippen molar-refractivity contribution in [2.75, 3.05) is 11.1 Å². The third-order valence-electron chi connectivity index (χ3n) is 4.56. The van der Waals surface area contributed by atoms with Gasteiger partial charge in [0.2, 0.25) is 9.70 Å². The van der Waals surface area contributed by atoms with Crippen LogP contribution in [0.15, 0.2) is 84.9 Å². The number of nitrogen functional groups attached to an aromatic ring is 1. The Balaban J connectivity index is 1.80. The molecule has 1 unspecified atom stereocenters. The standard InChI is InChI=1S/C23H21Cl3N4OS/c24-23(25,26)21(30-22(32)28-18-13-7-12-17(27)14-18)29-20(31)19(15-8-3-1-4-9-15)16-10-5-2-6-11-16/h1-14,19,21H,27H2,(H,29,31)(H2,28,30,32). The molecule has 1 amide bonds. The van der Waals surface area contributed by atoms with E-state index in [1.54, 1.807) is 24.3 Å². The van der Waals surface area contributed by atoms with E-state index < -0.39 is 15.9 Å². The lowest BCUT2D eigenvalue weighted by atomic mass is 9.90.